The van der Waals surface area contributed by atoms with Crippen molar-refractivity contribution < 1.29 is 24.2 Å². The summed E-state index contributed by atoms with van der Waals surface area (Å²) in [7, 11) is -1.82. The average molecular weight is 302 g/mol. The Morgan fingerprint density at radius 1 is 1.45 bits per heavy atom. The largest absolute Gasteiger partial charge is 0.478 e. The number of ether oxygens (including phenoxy) is 1. The van der Waals surface area contributed by atoms with Crippen molar-refractivity contribution in [2.24, 2.45) is 0 Å². The molecule has 0 radical (unpaired) electrons. The van der Waals surface area contributed by atoms with Crippen molar-refractivity contribution in [1.29, 1.82) is 0 Å². The van der Waals surface area contributed by atoms with Gasteiger partial charge in [-0.25, -0.2) is 4.79 Å². The fraction of sp³-hybridized carbons (Fsp3) is 0.786. The van der Waals surface area contributed by atoms with E-state index in [0.717, 1.165) is 0 Å². The highest BCUT2D eigenvalue weighted by atomic mass is 28.4. The second-order valence-electron chi connectivity index (χ2n) is 6.89. The topological polar surface area (TPSA) is 79.3 Å². The number of aliphatic hydroxyl groups excluding tert-OH is 1. The quantitative estimate of drug-likeness (QED) is 0.428. The van der Waals surface area contributed by atoms with Crippen LogP contribution in [0.5, 0.6) is 0 Å². The van der Waals surface area contributed by atoms with E-state index in [4.69, 9.17) is 14.3 Å². The number of carbonyl (C=O) groups is 1. The fourth-order valence-corrected chi connectivity index (χ4v) is 2.61. The van der Waals surface area contributed by atoms with Crippen LogP contribution in [0.25, 0.3) is 0 Å². The minimum atomic E-state index is -1.82. The van der Waals surface area contributed by atoms with Crippen molar-refractivity contribution in [2.75, 3.05) is 6.61 Å². The molecule has 1 saturated heterocycles. The van der Waals surface area contributed by atoms with Crippen molar-refractivity contribution in [1.82, 2.24) is 0 Å². The van der Waals surface area contributed by atoms with Crippen LogP contribution >= 0.6 is 0 Å². The van der Waals surface area contributed by atoms with Crippen LogP contribution in [-0.4, -0.2) is 49.4 Å². The van der Waals surface area contributed by atoms with Crippen LogP contribution in [0.1, 0.15) is 27.2 Å². The van der Waals surface area contributed by atoms with Gasteiger partial charge in [0.05, 0.1) is 12.7 Å². The van der Waals surface area contributed by atoms with Crippen molar-refractivity contribution in [2.45, 2.75) is 63.6 Å². The number of carboxylic acid groups (broad SMARTS) is 1. The highest BCUT2D eigenvalue weighted by Crippen LogP contribution is 2.38. The molecule has 0 aromatic carbocycles. The normalized spacial score (nSPS) is 24.3. The Balaban J connectivity index is 2.37. The predicted molar refractivity (Wildman–Crippen MR) is 79.2 cm³/mol. The summed E-state index contributed by atoms with van der Waals surface area (Å²) in [4.78, 5) is 10.7. The van der Waals surface area contributed by atoms with Crippen LogP contribution in [0.3, 0.4) is 0 Å². The number of carboxylic acids is 1. The first-order chi connectivity index (χ1) is 8.95. The molecule has 0 spiro atoms. The van der Waals surface area contributed by atoms with Gasteiger partial charge >= 0.3 is 5.97 Å². The minimum absolute atomic E-state index is 0.00272. The lowest BCUT2D eigenvalue weighted by molar-refractivity contribution is -0.133. The summed E-state index contributed by atoms with van der Waals surface area (Å²) in [5.41, 5.74) is -0.00272. The molecule has 116 valence electrons. The Bertz CT molecular complexity index is 386. The molecule has 1 aliphatic rings. The van der Waals surface area contributed by atoms with Crippen LogP contribution in [-0.2, 0) is 14.0 Å². The van der Waals surface area contributed by atoms with Crippen LogP contribution in [0.4, 0.5) is 0 Å². The number of aliphatic carboxylic acids is 1. The number of aliphatic hydroxyl groups is 1. The van der Waals surface area contributed by atoms with Crippen LogP contribution in [0.15, 0.2) is 12.2 Å². The lowest BCUT2D eigenvalue weighted by Gasteiger charge is -2.36. The summed E-state index contributed by atoms with van der Waals surface area (Å²) in [6.07, 6.45) is -1.28. The summed E-state index contributed by atoms with van der Waals surface area (Å²) >= 11 is 0. The van der Waals surface area contributed by atoms with E-state index in [9.17, 15) is 9.90 Å². The fourth-order valence-electron chi connectivity index (χ4n) is 1.59. The van der Waals surface area contributed by atoms with E-state index in [1.54, 1.807) is 0 Å². The first-order valence-corrected chi connectivity index (χ1v) is 9.75. The molecule has 0 aliphatic carbocycles. The second-order valence-corrected chi connectivity index (χ2v) is 11.7. The molecule has 1 aliphatic heterocycles. The molecule has 0 amide bonds. The lowest BCUT2D eigenvalue weighted by atomic mass is 10.1. The SMILES string of the molecule is C=C(CC(O)[C@@H]1O[C@H]1CO[Si](C)(C)C(C)(C)C)C(=O)O. The zero-order chi connectivity index (χ0) is 15.7. The maximum Gasteiger partial charge on any atom is 0.331 e. The van der Waals surface area contributed by atoms with Gasteiger partial charge in [0.2, 0.25) is 0 Å². The zero-order valence-electron chi connectivity index (χ0n) is 13.0. The van der Waals surface area contributed by atoms with Gasteiger partial charge in [-0.1, -0.05) is 27.4 Å². The van der Waals surface area contributed by atoms with Gasteiger partial charge in [0, 0.05) is 12.0 Å². The van der Waals surface area contributed by atoms with Gasteiger partial charge < -0.3 is 19.4 Å². The van der Waals surface area contributed by atoms with Gasteiger partial charge in [0.25, 0.3) is 0 Å². The average Bonchev–Trinajstić information content (AvgIpc) is 3.04. The number of hydrogen-bond acceptors (Lipinski definition) is 4. The van der Waals surface area contributed by atoms with Crippen LogP contribution in [0.2, 0.25) is 18.1 Å². The van der Waals surface area contributed by atoms with E-state index in [1.807, 2.05) is 0 Å². The highest BCUT2D eigenvalue weighted by Gasteiger charge is 2.47. The Kier molecular flexibility index (Phi) is 5.18. The monoisotopic (exact) mass is 302 g/mol. The van der Waals surface area contributed by atoms with E-state index >= 15 is 0 Å². The van der Waals surface area contributed by atoms with Crippen molar-refractivity contribution in [3.05, 3.63) is 12.2 Å². The molecule has 3 atom stereocenters. The molecule has 6 heteroatoms. The minimum Gasteiger partial charge on any atom is -0.478 e. The molecular weight excluding hydrogens is 276 g/mol. The Morgan fingerprint density at radius 2 is 2.00 bits per heavy atom. The molecule has 5 nitrogen and oxygen atoms in total. The number of epoxide rings is 1. The summed E-state index contributed by atoms with van der Waals surface area (Å²) < 4.78 is 11.4. The maximum atomic E-state index is 10.7. The lowest BCUT2D eigenvalue weighted by Crippen LogP contribution is -2.42. The molecule has 2 N–H and O–H groups in total. The van der Waals surface area contributed by atoms with Gasteiger partial charge in [-0.2, -0.15) is 0 Å². The molecule has 1 heterocycles. The van der Waals surface area contributed by atoms with E-state index < -0.39 is 20.4 Å². The Hall–Kier alpha value is -0.693. The smallest absolute Gasteiger partial charge is 0.331 e. The van der Waals surface area contributed by atoms with Gasteiger partial charge in [0.1, 0.15) is 12.2 Å². The summed E-state index contributed by atoms with van der Waals surface area (Å²) in [6.45, 7) is 14.7. The molecule has 20 heavy (non-hydrogen) atoms. The van der Waals surface area contributed by atoms with E-state index in [1.165, 1.54) is 0 Å². The van der Waals surface area contributed by atoms with E-state index in [-0.39, 0.29) is 29.2 Å². The van der Waals surface area contributed by atoms with Gasteiger partial charge in [0.15, 0.2) is 8.32 Å². The van der Waals surface area contributed by atoms with Crippen molar-refractivity contribution >= 4 is 14.3 Å². The van der Waals surface area contributed by atoms with Crippen LogP contribution < -0.4 is 0 Å². The van der Waals surface area contributed by atoms with Gasteiger partial charge in [-0.3, -0.25) is 0 Å². The molecule has 0 aromatic rings. The Morgan fingerprint density at radius 3 is 2.45 bits per heavy atom. The highest BCUT2D eigenvalue weighted by molar-refractivity contribution is 6.74. The maximum absolute atomic E-state index is 10.7. The summed E-state index contributed by atoms with van der Waals surface area (Å²) in [6, 6.07) is 0. The number of hydrogen-bond donors (Lipinski definition) is 2. The third-order valence-corrected chi connectivity index (χ3v) is 8.67. The standard InChI is InChI=1S/C14H26O5Si/c1-9(13(16)17)7-10(15)12-11(19-12)8-18-20(5,6)14(2,3)4/h10-12,15H,1,7-8H2,2-6H3,(H,16,17)/t10?,11-,12-/m0/s1. The second kappa shape index (κ2) is 5.97. The van der Waals surface area contributed by atoms with Gasteiger partial charge in [-0.15, -0.1) is 0 Å². The molecule has 0 saturated carbocycles. The van der Waals surface area contributed by atoms with Crippen molar-refractivity contribution in [3.8, 4) is 0 Å². The predicted octanol–water partition coefficient (Wildman–Crippen LogP) is 2.17. The first kappa shape index (κ1) is 17.4. The third kappa shape index (κ3) is 4.41. The zero-order valence-corrected chi connectivity index (χ0v) is 14.0. The first-order valence-electron chi connectivity index (χ1n) is 6.84. The molecule has 0 bridgehead atoms. The van der Waals surface area contributed by atoms with E-state index in [2.05, 4.69) is 40.4 Å². The van der Waals surface area contributed by atoms with Gasteiger partial charge in [-0.05, 0) is 18.1 Å². The molecular formula is C14H26O5Si. The van der Waals surface area contributed by atoms with E-state index in [0.29, 0.717) is 6.61 Å². The summed E-state index contributed by atoms with van der Waals surface area (Å²) in [5, 5.41) is 18.7. The molecule has 1 unspecified atom stereocenters. The Labute approximate surface area is 121 Å². The number of rotatable bonds is 7. The summed E-state index contributed by atoms with van der Waals surface area (Å²) in [5.74, 6) is -1.08. The molecule has 1 rings (SSSR count). The molecule has 0 aromatic heterocycles. The van der Waals surface area contributed by atoms with Crippen LogP contribution in [0, 0.1) is 0 Å². The molecule has 1 fully saturated rings. The van der Waals surface area contributed by atoms with Crippen molar-refractivity contribution in [3.63, 3.8) is 0 Å². The third-order valence-electron chi connectivity index (χ3n) is 4.17.